The molecule has 0 saturated carbocycles. The molecule has 0 spiro atoms. The summed E-state index contributed by atoms with van der Waals surface area (Å²) in [6.07, 6.45) is 2.33. The van der Waals surface area contributed by atoms with Crippen LogP contribution in [0.15, 0.2) is 77.4 Å². The molecule has 0 bridgehead atoms. The normalized spacial score (nSPS) is 11.6. The van der Waals surface area contributed by atoms with Gasteiger partial charge in [-0.2, -0.15) is 0 Å². The third-order valence-corrected chi connectivity index (χ3v) is 3.81. The summed E-state index contributed by atoms with van der Waals surface area (Å²) < 4.78 is 4.68. The highest BCUT2D eigenvalue weighted by Gasteiger charge is 2.04. The van der Waals surface area contributed by atoms with Gasteiger partial charge in [-0.15, -0.1) is 0 Å². The molecule has 0 aromatic heterocycles. The molecule has 0 unspecified atom stereocenters. The Kier molecular flexibility index (Phi) is 8.26. The summed E-state index contributed by atoms with van der Waals surface area (Å²) in [5.41, 5.74) is 8.56. The van der Waals surface area contributed by atoms with Gasteiger partial charge in [-0.05, 0) is 35.9 Å². The molecule has 0 saturated heterocycles. The van der Waals surface area contributed by atoms with Gasteiger partial charge < -0.3 is 15.8 Å². The maximum atomic E-state index is 11.4. The predicted molar refractivity (Wildman–Crippen MR) is 112 cm³/mol. The highest BCUT2D eigenvalue weighted by Crippen LogP contribution is 2.06. The number of nitrogens with two attached hydrogens (primary N) is 1. The summed E-state index contributed by atoms with van der Waals surface area (Å²) in [4.78, 5) is 20.2. The Bertz CT molecular complexity index is 830. The van der Waals surface area contributed by atoms with Crippen LogP contribution in [0, 0.1) is 0 Å². The van der Waals surface area contributed by atoms with Crippen molar-refractivity contribution >= 4 is 17.9 Å². The van der Waals surface area contributed by atoms with Crippen LogP contribution in [0.5, 0.6) is 0 Å². The highest BCUT2D eigenvalue weighted by molar-refractivity contribution is 5.98. The van der Waals surface area contributed by atoms with Gasteiger partial charge in [-0.3, -0.25) is 10.3 Å². The molecule has 0 aliphatic carbocycles. The minimum atomic E-state index is -0.372. The fourth-order valence-corrected chi connectivity index (χ4v) is 2.36. The van der Waals surface area contributed by atoms with Gasteiger partial charge >= 0.3 is 5.97 Å². The van der Waals surface area contributed by atoms with E-state index in [4.69, 9.17) is 5.73 Å². The lowest BCUT2D eigenvalue weighted by atomic mass is 10.1. The van der Waals surface area contributed by atoms with Gasteiger partial charge in [-0.25, -0.2) is 9.79 Å². The first-order valence-corrected chi connectivity index (χ1v) is 8.82. The number of carbonyl (C=O) groups excluding carboxylic acids is 1. The zero-order valence-corrected chi connectivity index (χ0v) is 15.9. The summed E-state index contributed by atoms with van der Waals surface area (Å²) in [5.74, 6) is 0.334. The SMILES string of the molecule is C=CNC(=NCCc1ccccc1)NC(N)=NCc1ccc(C(=O)OC)cc1. The van der Waals surface area contributed by atoms with Gasteiger partial charge in [-0.1, -0.05) is 49.0 Å². The van der Waals surface area contributed by atoms with E-state index in [9.17, 15) is 4.79 Å². The number of hydrogen-bond donors (Lipinski definition) is 3. The second-order valence-electron chi connectivity index (χ2n) is 5.83. The van der Waals surface area contributed by atoms with Crippen LogP contribution in [0.3, 0.4) is 0 Å². The van der Waals surface area contributed by atoms with Crippen molar-refractivity contribution in [3.63, 3.8) is 0 Å². The van der Waals surface area contributed by atoms with E-state index in [1.807, 2.05) is 18.2 Å². The Labute approximate surface area is 165 Å². The second kappa shape index (κ2) is 11.2. The lowest BCUT2D eigenvalue weighted by molar-refractivity contribution is 0.0600. The standard InChI is InChI=1S/C21H25N5O2/c1-3-23-21(24-14-13-16-7-5-4-6-8-16)26-20(22)25-15-17-9-11-18(12-10-17)19(27)28-2/h3-12H,1,13-15H2,2H3,(H4,22,23,24,25,26). The second-order valence-corrected chi connectivity index (χ2v) is 5.83. The first kappa shape index (κ1) is 20.7. The highest BCUT2D eigenvalue weighted by atomic mass is 16.5. The van der Waals surface area contributed by atoms with E-state index in [1.54, 1.807) is 24.3 Å². The van der Waals surface area contributed by atoms with E-state index < -0.39 is 0 Å². The van der Waals surface area contributed by atoms with Crippen LogP contribution in [0.4, 0.5) is 0 Å². The Morgan fingerprint density at radius 1 is 1.11 bits per heavy atom. The number of hydrogen-bond acceptors (Lipinski definition) is 4. The van der Waals surface area contributed by atoms with Crippen molar-refractivity contribution in [3.8, 4) is 0 Å². The van der Waals surface area contributed by atoms with Crippen molar-refractivity contribution in [3.05, 3.63) is 84.1 Å². The van der Waals surface area contributed by atoms with E-state index in [0.717, 1.165) is 12.0 Å². The van der Waals surface area contributed by atoms with Crippen molar-refractivity contribution < 1.29 is 9.53 Å². The number of aliphatic imine (C=N–C) groups is 2. The van der Waals surface area contributed by atoms with E-state index in [-0.39, 0.29) is 11.9 Å². The number of esters is 1. The number of methoxy groups -OCH3 is 1. The maximum absolute atomic E-state index is 11.4. The van der Waals surface area contributed by atoms with Gasteiger partial charge in [0.15, 0.2) is 5.96 Å². The number of guanidine groups is 2. The van der Waals surface area contributed by atoms with E-state index in [1.165, 1.54) is 18.9 Å². The van der Waals surface area contributed by atoms with Crippen LogP contribution in [0.2, 0.25) is 0 Å². The van der Waals surface area contributed by atoms with E-state index >= 15 is 0 Å². The Hall–Kier alpha value is -3.61. The molecular weight excluding hydrogens is 354 g/mol. The molecular formula is C21H25N5O2. The number of benzene rings is 2. The van der Waals surface area contributed by atoms with Gasteiger partial charge in [0.1, 0.15) is 0 Å². The number of carbonyl (C=O) groups is 1. The smallest absolute Gasteiger partial charge is 0.337 e. The molecule has 0 aliphatic heterocycles. The molecule has 7 nitrogen and oxygen atoms in total. The zero-order chi connectivity index (χ0) is 20.2. The van der Waals surface area contributed by atoms with Crippen LogP contribution in [0.25, 0.3) is 0 Å². The third-order valence-electron chi connectivity index (χ3n) is 3.81. The van der Waals surface area contributed by atoms with Crippen molar-refractivity contribution in [2.45, 2.75) is 13.0 Å². The fraction of sp³-hybridized carbons (Fsp3) is 0.190. The van der Waals surface area contributed by atoms with Crippen LogP contribution in [0.1, 0.15) is 21.5 Å². The van der Waals surface area contributed by atoms with Crippen molar-refractivity contribution in [2.24, 2.45) is 15.7 Å². The topological polar surface area (TPSA) is 101 Å². The van der Waals surface area contributed by atoms with Crippen LogP contribution < -0.4 is 16.4 Å². The Balaban J connectivity index is 1.91. The minimum Gasteiger partial charge on any atom is -0.465 e. The van der Waals surface area contributed by atoms with Gasteiger partial charge in [0.05, 0.1) is 19.2 Å². The molecule has 0 heterocycles. The molecule has 7 heteroatoms. The zero-order valence-electron chi connectivity index (χ0n) is 15.9. The summed E-state index contributed by atoms with van der Waals surface area (Å²) in [6.45, 7) is 4.61. The Morgan fingerprint density at radius 2 is 1.82 bits per heavy atom. The van der Waals surface area contributed by atoms with Gasteiger partial charge in [0.2, 0.25) is 5.96 Å². The lowest BCUT2D eigenvalue weighted by Crippen LogP contribution is -2.43. The lowest BCUT2D eigenvalue weighted by Gasteiger charge is -2.09. The number of nitrogens with one attached hydrogen (secondary N) is 2. The summed E-state index contributed by atoms with van der Waals surface area (Å²) in [6, 6.07) is 17.1. The van der Waals surface area contributed by atoms with E-state index in [2.05, 4.69) is 44.1 Å². The largest absolute Gasteiger partial charge is 0.465 e. The van der Waals surface area contributed by atoms with Crippen LogP contribution >= 0.6 is 0 Å². The van der Waals surface area contributed by atoms with E-state index in [0.29, 0.717) is 24.6 Å². The molecule has 146 valence electrons. The first-order valence-electron chi connectivity index (χ1n) is 8.82. The molecule has 0 fully saturated rings. The molecule has 0 radical (unpaired) electrons. The van der Waals surface area contributed by atoms with Gasteiger partial charge in [0.25, 0.3) is 0 Å². The monoisotopic (exact) mass is 379 g/mol. The van der Waals surface area contributed by atoms with Gasteiger partial charge in [0, 0.05) is 6.54 Å². The molecule has 2 aromatic carbocycles. The average Bonchev–Trinajstić information content (AvgIpc) is 2.73. The first-order chi connectivity index (χ1) is 13.6. The number of ether oxygens (including phenoxy) is 1. The molecule has 0 amide bonds. The van der Waals surface area contributed by atoms with Crippen LogP contribution in [-0.2, 0) is 17.7 Å². The number of rotatable bonds is 7. The molecule has 4 N–H and O–H groups in total. The van der Waals surface area contributed by atoms with Crippen molar-refractivity contribution in [1.82, 2.24) is 10.6 Å². The molecule has 28 heavy (non-hydrogen) atoms. The predicted octanol–water partition coefficient (Wildman–Crippen LogP) is 2.21. The fourth-order valence-electron chi connectivity index (χ4n) is 2.36. The molecule has 0 atom stereocenters. The molecule has 2 rings (SSSR count). The summed E-state index contributed by atoms with van der Waals surface area (Å²) in [5, 5.41) is 5.85. The van der Waals surface area contributed by atoms with Crippen molar-refractivity contribution in [1.29, 1.82) is 0 Å². The maximum Gasteiger partial charge on any atom is 0.337 e. The molecule has 2 aromatic rings. The van der Waals surface area contributed by atoms with Crippen LogP contribution in [-0.4, -0.2) is 31.5 Å². The summed E-state index contributed by atoms with van der Waals surface area (Å²) in [7, 11) is 1.35. The third kappa shape index (κ3) is 6.95. The van der Waals surface area contributed by atoms with Crippen molar-refractivity contribution in [2.75, 3.05) is 13.7 Å². The average molecular weight is 379 g/mol. The minimum absolute atomic E-state index is 0.227. The number of nitrogens with zero attached hydrogens (tertiary/aromatic N) is 2. The Morgan fingerprint density at radius 3 is 2.46 bits per heavy atom. The summed E-state index contributed by atoms with van der Waals surface area (Å²) >= 11 is 0. The quantitative estimate of drug-likeness (QED) is 0.389. The molecule has 0 aliphatic rings.